The smallest absolute Gasteiger partial charge is 0.253 e. The molecule has 0 unspecified atom stereocenters. The number of benzene rings is 1. The Hall–Kier alpha value is -1.91. The van der Waals surface area contributed by atoms with Crippen LogP contribution >= 0.6 is 0 Å². The molecule has 1 N–H and O–H groups in total. The molecule has 0 atom stereocenters. The molecule has 2 heterocycles. The number of likely N-dealkylation sites (tertiary alicyclic amines) is 1. The van der Waals surface area contributed by atoms with Gasteiger partial charge in [-0.3, -0.25) is 9.59 Å². The molecule has 0 radical (unpaired) electrons. The summed E-state index contributed by atoms with van der Waals surface area (Å²) in [5.74, 6) is -0.423. The summed E-state index contributed by atoms with van der Waals surface area (Å²) in [6.07, 6.45) is 3.30. The predicted octanol–water partition coefficient (Wildman–Crippen LogP) is 1.96. The van der Waals surface area contributed by atoms with E-state index >= 15 is 0 Å². The number of nitrogens with zero attached hydrogens (tertiary/aromatic N) is 1. The molecule has 2 saturated heterocycles. The number of carbonyl (C=O) groups excluding carboxylic acids is 2. The summed E-state index contributed by atoms with van der Waals surface area (Å²) in [7, 11) is 0. The van der Waals surface area contributed by atoms with E-state index < -0.39 is 5.82 Å². The summed E-state index contributed by atoms with van der Waals surface area (Å²) in [5.41, 5.74) is 0.0794. The molecule has 0 aliphatic carbocycles. The minimum Gasteiger partial charge on any atom is -0.356 e. The predicted molar refractivity (Wildman–Crippen MR) is 76.2 cm³/mol. The van der Waals surface area contributed by atoms with Crippen LogP contribution in [0, 0.1) is 11.2 Å². The lowest BCUT2D eigenvalue weighted by atomic mass is 9.72. The Morgan fingerprint density at radius 3 is 2.67 bits per heavy atom. The Labute approximate surface area is 123 Å². The highest BCUT2D eigenvalue weighted by atomic mass is 19.1. The summed E-state index contributed by atoms with van der Waals surface area (Å²) in [4.78, 5) is 26.2. The normalized spacial score (nSPS) is 21.2. The molecule has 21 heavy (non-hydrogen) atoms. The van der Waals surface area contributed by atoms with Crippen LogP contribution in [0.1, 0.15) is 36.0 Å². The molecule has 0 saturated carbocycles. The molecule has 0 aromatic heterocycles. The maximum Gasteiger partial charge on any atom is 0.253 e. The van der Waals surface area contributed by atoms with Gasteiger partial charge in [-0.1, -0.05) is 6.07 Å². The van der Waals surface area contributed by atoms with E-state index in [1.807, 2.05) is 0 Å². The maximum atomic E-state index is 13.2. The molecule has 1 aromatic rings. The van der Waals surface area contributed by atoms with Crippen LogP contribution < -0.4 is 5.32 Å². The van der Waals surface area contributed by atoms with Gasteiger partial charge in [-0.25, -0.2) is 4.39 Å². The van der Waals surface area contributed by atoms with E-state index in [0.717, 1.165) is 19.4 Å². The Morgan fingerprint density at radius 1 is 1.24 bits per heavy atom. The lowest BCUT2D eigenvalue weighted by Crippen LogP contribution is -2.52. The first-order valence-electron chi connectivity index (χ1n) is 7.44. The number of hydrogen-bond donors (Lipinski definition) is 1. The number of hydrogen-bond acceptors (Lipinski definition) is 2. The van der Waals surface area contributed by atoms with Gasteiger partial charge in [-0.05, 0) is 43.9 Å². The van der Waals surface area contributed by atoms with Crippen molar-refractivity contribution >= 4 is 11.8 Å². The molecule has 1 spiro atoms. The van der Waals surface area contributed by atoms with Gasteiger partial charge in [0, 0.05) is 25.2 Å². The third-order valence-corrected chi connectivity index (χ3v) is 4.68. The fraction of sp³-hybridized carbons (Fsp3) is 0.500. The summed E-state index contributed by atoms with van der Waals surface area (Å²) in [6.45, 7) is 1.87. The van der Waals surface area contributed by atoms with Gasteiger partial charge >= 0.3 is 0 Å². The van der Waals surface area contributed by atoms with Gasteiger partial charge in [0.05, 0.1) is 5.41 Å². The number of rotatable bonds is 1. The van der Waals surface area contributed by atoms with Crippen LogP contribution in [0.2, 0.25) is 0 Å². The molecule has 3 rings (SSSR count). The monoisotopic (exact) mass is 290 g/mol. The maximum absolute atomic E-state index is 13.2. The number of halogens is 1. The SMILES string of the molecule is O=C(c1cccc(F)c1)N1CCC2(CCCNC2=O)CC1. The van der Waals surface area contributed by atoms with Crippen LogP contribution in [0.15, 0.2) is 24.3 Å². The fourth-order valence-corrected chi connectivity index (χ4v) is 3.35. The van der Waals surface area contributed by atoms with Crippen molar-refractivity contribution in [3.05, 3.63) is 35.6 Å². The molecule has 2 aliphatic rings. The second-order valence-corrected chi connectivity index (χ2v) is 5.94. The van der Waals surface area contributed by atoms with Gasteiger partial charge in [-0.2, -0.15) is 0 Å². The first kappa shape index (κ1) is 14.0. The highest BCUT2D eigenvalue weighted by Gasteiger charge is 2.43. The highest BCUT2D eigenvalue weighted by Crippen LogP contribution is 2.38. The molecule has 4 nitrogen and oxygen atoms in total. The Bertz CT molecular complexity index is 565. The summed E-state index contributed by atoms with van der Waals surface area (Å²) in [6, 6.07) is 5.76. The van der Waals surface area contributed by atoms with Crippen molar-refractivity contribution in [3.8, 4) is 0 Å². The quantitative estimate of drug-likeness (QED) is 0.859. The second-order valence-electron chi connectivity index (χ2n) is 5.94. The minimum atomic E-state index is -0.402. The molecule has 112 valence electrons. The fourth-order valence-electron chi connectivity index (χ4n) is 3.35. The summed E-state index contributed by atoms with van der Waals surface area (Å²) < 4.78 is 13.2. The van der Waals surface area contributed by atoms with Gasteiger partial charge < -0.3 is 10.2 Å². The number of carbonyl (C=O) groups is 2. The van der Waals surface area contributed by atoms with Crippen molar-refractivity contribution in [1.29, 1.82) is 0 Å². The van der Waals surface area contributed by atoms with Gasteiger partial charge in [-0.15, -0.1) is 0 Å². The topological polar surface area (TPSA) is 49.4 Å². The first-order chi connectivity index (χ1) is 10.1. The average Bonchev–Trinajstić information content (AvgIpc) is 2.50. The van der Waals surface area contributed by atoms with Crippen LogP contribution in [-0.2, 0) is 4.79 Å². The largest absolute Gasteiger partial charge is 0.356 e. The van der Waals surface area contributed by atoms with Crippen molar-refractivity contribution < 1.29 is 14.0 Å². The third-order valence-electron chi connectivity index (χ3n) is 4.68. The number of amides is 2. The first-order valence-corrected chi connectivity index (χ1v) is 7.44. The van der Waals surface area contributed by atoms with Crippen molar-refractivity contribution in [1.82, 2.24) is 10.2 Å². The van der Waals surface area contributed by atoms with Crippen molar-refractivity contribution in [2.75, 3.05) is 19.6 Å². The third kappa shape index (κ3) is 2.64. The molecule has 2 aliphatic heterocycles. The number of piperidine rings is 2. The second kappa shape index (κ2) is 5.47. The van der Waals surface area contributed by atoms with E-state index in [4.69, 9.17) is 0 Å². The molecule has 2 amide bonds. The van der Waals surface area contributed by atoms with Crippen molar-refractivity contribution in [2.24, 2.45) is 5.41 Å². The minimum absolute atomic E-state index is 0.131. The van der Waals surface area contributed by atoms with Gasteiger partial charge in [0.25, 0.3) is 5.91 Å². The van der Waals surface area contributed by atoms with Crippen LogP contribution in [0.3, 0.4) is 0 Å². The lowest BCUT2D eigenvalue weighted by molar-refractivity contribution is -0.136. The molecule has 5 heteroatoms. The van der Waals surface area contributed by atoms with E-state index in [-0.39, 0.29) is 17.2 Å². The van der Waals surface area contributed by atoms with Gasteiger partial charge in [0.1, 0.15) is 5.82 Å². The zero-order valence-corrected chi connectivity index (χ0v) is 11.9. The van der Waals surface area contributed by atoms with Crippen LogP contribution in [0.4, 0.5) is 4.39 Å². The number of nitrogens with one attached hydrogen (secondary N) is 1. The van der Waals surface area contributed by atoms with E-state index in [0.29, 0.717) is 31.5 Å². The van der Waals surface area contributed by atoms with E-state index in [2.05, 4.69) is 5.32 Å². The van der Waals surface area contributed by atoms with E-state index in [9.17, 15) is 14.0 Å². The molecule has 1 aromatic carbocycles. The van der Waals surface area contributed by atoms with Crippen molar-refractivity contribution in [2.45, 2.75) is 25.7 Å². The molecule has 0 bridgehead atoms. The van der Waals surface area contributed by atoms with Crippen LogP contribution in [0.25, 0.3) is 0 Å². The molecular formula is C16H19FN2O2. The zero-order valence-electron chi connectivity index (χ0n) is 11.9. The highest BCUT2D eigenvalue weighted by molar-refractivity contribution is 5.94. The average molecular weight is 290 g/mol. The van der Waals surface area contributed by atoms with E-state index in [1.165, 1.54) is 12.1 Å². The lowest BCUT2D eigenvalue weighted by Gasteiger charge is -2.42. The summed E-state index contributed by atoms with van der Waals surface area (Å²) >= 11 is 0. The summed E-state index contributed by atoms with van der Waals surface area (Å²) in [5, 5.41) is 2.93. The molecular weight excluding hydrogens is 271 g/mol. The Kier molecular flexibility index (Phi) is 3.66. The molecule has 2 fully saturated rings. The standard InChI is InChI=1S/C16H19FN2O2/c17-13-4-1-3-12(11-13)14(20)19-9-6-16(7-10-19)5-2-8-18-15(16)21/h1,3-4,11H,2,5-10H2,(H,18,21). The van der Waals surface area contributed by atoms with Crippen molar-refractivity contribution in [3.63, 3.8) is 0 Å². The Balaban J connectivity index is 1.68. The van der Waals surface area contributed by atoms with E-state index in [1.54, 1.807) is 17.0 Å². The van der Waals surface area contributed by atoms with Crippen LogP contribution in [-0.4, -0.2) is 36.3 Å². The van der Waals surface area contributed by atoms with Gasteiger partial charge in [0.2, 0.25) is 5.91 Å². The van der Waals surface area contributed by atoms with Gasteiger partial charge in [0.15, 0.2) is 0 Å². The Morgan fingerprint density at radius 2 is 2.00 bits per heavy atom. The zero-order chi connectivity index (χ0) is 14.9. The van der Waals surface area contributed by atoms with Crippen LogP contribution in [0.5, 0.6) is 0 Å².